The van der Waals surface area contributed by atoms with Gasteiger partial charge in [0.15, 0.2) is 0 Å². The van der Waals surface area contributed by atoms with Crippen molar-refractivity contribution in [2.24, 2.45) is 7.05 Å². The molecular formula is C9H7F3N3O2S2. The molecule has 10 heteroatoms. The molecule has 103 valence electrons. The zero-order valence-corrected chi connectivity index (χ0v) is 11.0. The van der Waals surface area contributed by atoms with E-state index in [1.54, 1.807) is 0 Å². The molecule has 0 aliphatic heterocycles. The van der Waals surface area contributed by atoms with Crippen molar-refractivity contribution in [3.05, 3.63) is 23.2 Å². The number of hydrogen-bond acceptors (Lipinski definition) is 4. The maximum absolute atomic E-state index is 12.6. The third-order valence-corrected chi connectivity index (χ3v) is 4.68. The molecule has 0 saturated carbocycles. The highest BCUT2D eigenvalue weighted by atomic mass is 32.2. The van der Waals surface area contributed by atoms with Crippen LogP contribution in [-0.2, 0) is 23.2 Å². The highest BCUT2D eigenvalue weighted by Gasteiger charge is 2.35. The van der Waals surface area contributed by atoms with E-state index in [1.165, 1.54) is 11.4 Å². The van der Waals surface area contributed by atoms with Gasteiger partial charge in [-0.15, -0.1) is 16.5 Å². The summed E-state index contributed by atoms with van der Waals surface area (Å²) in [7, 11) is -3.12. The van der Waals surface area contributed by atoms with Crippen LogP contribution in [-0.4, -0.2) is 18.2 Å². The zero-order chi connectivity index (χ0) is 14.4. The van der Waals surface area contributed by atoms with Crippen LogP contribution in [0.5, 0.6) is 0 Å². The molecule has 0 atom stereocenters. The summed E-state index contributed by atoms with van der Waals surface area (Å²) < 4.78 is 60.6. The van der Waals surface area contributed by atoms with Gasteiger partial charge >= 0.3 is 6.18 Å². The summed E-state index contributed by atoms with van der Waals surface area (Å²) in [6.07, 6.45) is -4.57. The van der Waals surface area contributed by atoms with Gasteiger partial charge in [0.2, 0.25) is 0 Å². The second kappa shape index (κ2) is 4.32. The first-order valence-corrected chi connectivity index (χ1v) is 7.15. The van der Waals surface area contributed by atoms with Crippen LogP contribution in [0.4, 0.5) is 13.2 Å². The lowest BCUT2D eigenvalue weighted by atomic mass is 10.2. The molecule has 0 saturated heterocycles. The minimum absolute atomic E-state index is 0.00565. The first-order chi connectivity index (χ1) is 8.60. The Morgan fingerprint density at radius 1 is 1.42 bits per heavy atom. The normalized spacial score (nSPS) is 12.9. The number of rotatable bonds is 2. The molecule has 0 aliphatic carbocycles. The Kier molecular flexibility index (Phi) is 3.19. The second-order valence-electron chi connectivity index (χ2n) is 3.66. The van der Waals surface area contributed by atoms with E-state index in [1.807, 2.05) is 0 Å². The Hall–Kier alpha value is -1.39. The van der Waals surface area contributed by atoms with Crippen LogP contribution < -0.4 is 5.14 Å². The SMILES string of the molecule is Cn1nc(-c2ccsc2S([NH])(=O)=O)cc1C(F)(F)F. The van der Waals surface area contributed by atoms with E-state index in [0.717, 1.165) is 24.5 Å². The molecule has 0 unspecified atom stereocenters. The van der Waals surface area contributed by atoms with E-state index in [0.29, 0.717) is 4.68 Å². The van der Waals surface area contributed by atoms with E-state index < -0.39 is 21.9 Å². The molecule has 2 aromatic heterocycles. The molecule has 0 bridgehead atoms. The van der Waals surface area contributed by atoms with Crippen molar-refractivity contribution in [1.82, 2.24) is 14.9 Å². The van der Waals surface area contributed by atoms with Crippen molar-refractivity contribution in [2.75, 3.05) is 0 Å². The quantitative estimate of drug-likeness (QED) is 0.852. The van der Waals surface area contributed by atoms with Crippen LogP contribution in [0.1, 0.15) is 5.69 Å². The topological polar surface area (TPSA) is 75.8 Å². The fraction of sp³-hybridized carbons (Fsp3) is 0.222. The number of nitrogens with zero attached hydrogens (tertiary/aromatic N) is 2. The van der Waals surface area contributed by atoms with Crippen LogP contribution in [0.15, 0.2) is 21.7 Å². The standard InChI is InChI=1S/C9H7F3N3O2S2/c1-15-7(9(10,11)12)4-6(14-15)5-2-3-18-8(5)19(13,16)17/h2-4,13H,1H3. The number of halogens is 3. The predicted molar refractivity (Wildman–Crippen MR) is 61.8 cm³/mol. The minimum atomic E-state index is -4.57. The molecule has 0 fully saturated rings. The summed E-state index contributed by atoms with van der Waals surface area (Å²) in [5, 5.41) is 12.0. The lowest BCUT2D eigenvalue weighted by Gasteiger charge is -2.04. The Bertz CT molecular complexity index is 715. The van der Waals surface area contributed by atoms with Crippen molar-refractivity contribution >= 4 is 21.4 Å². The first-order valence-electron chi connectivity index (χ1n) is 4.79. The predicted octanol–water partition coefficient (Wildman–Crippen LogP) is 2.14. The van der Waals surface area contributed by atoms with Crippen LogP contribution in [0, 0.1) is 0 Å². The van der Waals surface area contributed by atoms with Crippen LogP contribution in [0.2, 0.25) is 0 Å². The van der Waals surface area contributed by atoms with Crippen molar-refractivity contribution in [2.45, 2.75) is 10.4 Å². The van der Waals surface area contributed by atoms with Gasteiger partial charge in [0.05, 0.1) is 5.69 Å². The van der Waals surface area contributed by atoms with Gasteiger partial charge in [0, 0.05) is 12.6 Å². The molecule has 5 nitrogen and oxygen atoms in total. The number of nitrogens with one attached hydrogen (secondary N) is 1. The van der Waals surface area contributed by atoms with Crippen molar-refractivity contribution < 1.29 is 21.6 Å². The molecule has 0 aliphatic rings. The number of aromatic nitrogens is 2. The Balaban J connectivity index is 2.60. The molecule has 2 aromatic rings. The van der Waals surface area contributed by atoms with E-state index in [-0.39, 0.29) is 15.5 Å². The van der Waals surface area contributed by atoms with Gasteiger partial charge in [-0.05, 0) is 17.5 Å². The number of sulfonamides is 1. The lowest BCUT2D eigenvalue weighted by molar-refractivity contribution is -0.143. The first kappa shape index (κ1) is 14.0. The molecule has 1 radical (unpaired) electrons. The fourth-order valence-corrected chi connectivity index (χ4v) is 3.32. The van der Waals surface area contributed by atoms with Crippen LogP contribution >= 0.6 is 11.3 Å². The van der Waals surface area contributed by atoms with Gasteiger partial charge in [-0.25, -0.2) is 8.42 Å². The number of hydrogen-bond donors (Lipinski definition) is 0. The van der Waals surface area contributed by atoms with Crippen molar-refractivity contribution in [1.29, 1.82) is 0 Å². The summed E-state index contributed by atoms with van der Waals surface area (Å²) >= 11 is 0.768. The molecule has 0 aromatic carbocycles. The van der Waals surface area contributed by atoms with E-state index in [2.05, 4.69) is 5.10 Å². The van der Waals surface area contributed by atoms with Gasteiger partial charge in [0.25, 0.3) is 10.0 Å². The summed E-state index contributed by atoms with van der Waals surface area (Å²) in [6.45, 7) is 0. The highest BCUT2D eigenvalue weighted by molar-refractivity contribution is 7.91. The average molecular weight is 310 g/mol. The van der Waals surface area contributed by atoms with Crippen molar-refractivity contribution in [3.63, 3.8) is 0 Å². The van der Waals surface area contributed by atoms with Crippen LogP contribution in [0.25, 0.3) is 11.3 Å². The van der Waals surface area contributed by atoms with E-state index in [9.17, 15) is 21.6 Å². The maximum Gasteiger partial charge on any atom is 0.433 e. The zero-order valence-electron chi connectivity index (χ0n) is 9.39. The monoisotopic (exact) mass is 310 g/mol. The summed E-state index contributed by atoms with van der Waals surface area (Å²) in [6, 6.07) is 2.09. The maximum atomic E-state index is 12.6. The molecule has 2 heterocycles. The number of thiophene rings is 1. The number of aryl methyl sites for hydroxylation is 1. The van der Waals surface area contributed by atoms with Crippen molar-refractivity contribution in [3.8, 4) is 11.3 Å². The van der Waals surface area contributed by atoms with Gasteiger partial charge in [0.1, 0.15) is 9.90 Å². The minimum Gasteiger partial charge on any atom is -0.263 e. The number of alkyl halides is 3. The summed E-state index contributed by atoms with van der Waals surface area (Å²) in [5.74, 6) is 0. The molecule has 0 amide bonds. The molecule has 19 heavy (non-hydrogen) atoms. The Morgan fingerprint density at radius 2 is 2.05 bits per heavy atom. The van der Waals surface area contributed by atoms with Gasteiger partial charge < -0.3 is 0 Å². The summed E-state index contributed by atoms with van der Waals surface area (Å²) in [5.41, 5.74) is -1.10. The smallest absolute Gasteiger partial charge is 0.263 e. The van der Waals surface area contributed by atoms with Gasteiger partial charge in [-0.2, -0.15) is 18.3 Å². The van der Waals surface area contributed by atoms with Gasteiger partial charge in [-0.1, -0.05) is 0 Å². The third-order valence-electron chi connectivity index (χ3n) is 2.32. The highest BCUT2D eigenvalue weighted by Crippen LogP contribution is 2.35. The molecular weight excluding hydrogens is 303 g/mol. The largest absolute Gasteiger partial charge is 0.433 e. The Morgan fingerprint density at radius 3 is 2.53 bits per heavy atom. The van der Waals surface area contributed by atoms with E-state index >= 15 is 0 Å². The summed E-state index contributed by atoms with van der Waals surface area (Å²) in [4.78, 5) is 0. The third kappa shape index (κ3) is 2.65. The molecule has 0 spiro atoms. The van der Waals surface area contributed by atoms with Gasteiger partial charge in [-0.3, -0.25) is 4.68 Å². The second-order valence-corrected chi connectivity index (χ2v) is 6.25. The fourth-order valence-electron chi connectivity index (χ4n) is 1.56. The average Bonchev–Trinajstić information content (AvgIpc) is 2.79. The molecule has 2 rings (SSSR count). The van der Waals surface area contributed by atoms with Crippen LogP contribution in [0.3, 0.4) is 0 Å². The molecule has 1 N–H and O–H groups in total. The Labute approximate surface area is 110 Å². The van der Waals surface area contributed by atoms with E-state index in [4.69, 9.17) is 5.14 Å². The lowest BCUT2D eigenvalue weighted by Crippen LogP contribution is -2.11.